The molecule has 1 heterocycles. The Bertz CT molecular complexity index is 1040. The molecule has 3 rings (SSSR count). The molecule has 0 radical (unpaired) electrons. The van der Waals surface area contributed by atoms with Crippen LogP contribution in [0.1, 0.15) is 18.1 Å². The number of aryl methyl sites for hydroxylation is 1. The number of nitrogens with zero attached hydrogens (tertiary/aromatic N) is 1. The van der Waals surface area contributed by atoms with Crippen LogP contribution >= 0.6 is 23.4 Å². The molecule has 0 saturated heterocycles. The van der Waals surface area contributed by atoms with E-state index in [4.69, 9.17) is 26.8 Å². The summed E-state index contributed by atoms with van der Waals surface area (Å²) in [5.74, 6) is -0.117. The van der Waals surface area contributed by atoms with Gasteiger partial charge in [-0.2, -0.15) is 4.99 Å². The first-order valence-electron chi connectivity index (χ1n) is 9.09. The van der Waals surface area contributed by atoms with Gasteiger partial charge >= 0.3 is 0 Å². The SMILES string of the molecule is CCOc1cc(C=C2SC(N)=NC2=O)cc(Cl)c1OCC(=O)Nc1ccc(C)cc1. The third-order valence-corrected chi connectivity index (χ3v) is 5.04. The average Bonchev–Trinajstić information content (AvgIpc) is 3.00. The summed E-state index contributed by atoms with van der Waals surface area (Å²) < 4.78 is 11.3. The number of nitrogens with one attached hydrogen (secondary N) is 1. The van der Waals surface area contributed by atoms with E-state index < -0.39 is 5.91 Å². The fourth-order valence-electron chi connectivity index (χ4n) is 2.62. The van der Waals surface area contributed by atoms with Crippen LogP contribution in [0.25, 0.3) is 6.08 Å². The molecule has 1 aliphatic rings. The van der Waals surface area contributed by atoms with Crippen LogP contribution in [0, 0.1) is 6.92 Å². The van der Waals surface area contributed by atoms with Gasteiger partial charge < -0.3 is 20.5 Å². The number of anilines is 1. The highest BCUT2D eigenvalue weighted by molar-refractivity contribution is 8.18. The maximum Gasteiger partial charge on any atom is 0.286 e. The maximum absolute atomic E-state index is 12.2. The maximum atomic E-state index is 12.2. The van der Waals surface area contributed by atoms with Gasteiger partial charge in [0, 0.05) is 5.69 Å². The Morgan fingerprint density at radius 1 is 1.27 bits per heavy atom. The van der Waals surface area contributed by atoms with Gasteiger partial charge in [-0.25, -0.2) is 0 Å². The van der Waals surface area contributed by atoms with E-state index in [-0.39, 0.29) is 28.5 Å². The molecule has 2 aromatic rings. The summed E-state index contributed by atoms with van der Waals surface area (Å²) in [4.78, 5) is 28.1. The van der Waals surface area contributed by atoms with Crippen molar-refractivity contribution in [3.05, 3.63) is 57.5 Å². The summed E-state index contributed by atoms with van der Waals surface area (Å²) in [5.41, 5.74) is 7.97. The van der Waals surface area contributed by atoms with Crippen LogP contribution in [0.2, 0.25) is 5.02 Å². The van der Waals surface area contributed by atoms with Crippen LogP contribution in [0.5, 0.6) is 11.5 Å². The van der Waals surface area contributed by atoms with E-state index in [1.807, 2.05) is 38.1 Å². The minimum absolute atomic E-state index is 0.196. The molecule has 1 aliphatic heterocycles. The van der Waals surface area contributed by atoms with E-state index in [2.05, 4.69) is 10.3 Å². The summed E-state index contributed by atoms with van der Waals surface area (Å²) in [7, 11) is 0. The predicted octanol–water partition coefficient (Wildman–Crippen LogP) is 3.99. The number of nitrogens with two attached hydrogens (primary N) is 1. The molecular formula is C21H20ClN3O4S. The highest BCUT2D eigenvalue weighted by atomic mass is 35.5. The van der Waals surface area contributed by atoms with Gasteiger partial charge in [0.1, 0.15) is 0 Å². The molecule has 0 unspecified atom stereocenters. The first kappa shape index (κ1) is 21.7. The van der Waals surface area contributed by atoms with Crippen molar-refractivity contribution in [3.63, 3.8) is 0 Å². The highest BCUT2D eigenvalue weighted by Gasteiger charge is 2.20. The second kappa shape index (κ2) is 9.69. The molecule has 2 aromatic carbocycles. The van der Waals surface area contributed by atoms with Crippen LogP contribution in [0.15, 0.2) is 46.3 Å². The fourth-order valence-corrected chi connectivity index (χ4v) is 3.58. The lowest BCUT2D eigenvalue weighted by Gasteiger charge is -2.14. The van der Waals surface area contributed by atoms with Crippen LogP contribution in [-0.4, -0.2) is 30.2 Å². The zero-order valence-electron chi connectivity index (χ0n) is 16.4. The lowest BCUT2D eigenvalue weighted by atomic mass is 10.2. The number of ether oxygens (including phenoxy) is 2. The zero-order chi connectivity index (χ0) is 21.7. The molecule has 2 amide bonds. The molecule has 9 heteroatoms. The van der Waals surface area contributed by atoms with E-state index in [1.165, 1.54) is 0 Å². The van der Waals surface area contributed by atoms with Crippen LogP contribution in [0.4, 0.5) is 5.69 Å². The van der Waals surface area contributed by atoms with Crippen LogP contribution in [0.3, 0.4) is 0 Å². The zero-order valence-corrected chi connectivity index (χ0v) is 18.0. The number of rotatable bonds is 7. The summed E-state index contributed by atoms with van der Waals surface area (Å²) in [6.07, 6.45) is 1.62. The number of hydrogen-bond donors (Lipinski definition) is 2. The third-order valence-electron chi connectivity index (χ3n) is 3.95. The van der Waals surface area contributed by atoms with Gasteiger partial charge in [0.05, 0.1) is 16.5 Å². The smallest absolute Gasteiger partial charge is 0.286 e. The predicted molar refractivity (Wildman–Crippen MR) is 120 cm³/mol. The number of amides is 2. The van der Waals surface area contributed by atoms with Gasteiger partial charge in [0.15, 0.2) is 23.3 Å². The van der Waals surface area contributed by atoms with Crippen molar-refractivity contribution < 1.29 is 19.1 Å². The van der Waals surface area contributed by atoms with E-state index in [0.717, 1.165) is 17.3 Å². The Balaban J connectivity index is 1.74. The Morgan fingerprint density at radius 3 is 2.63 bits per heavy atom. The minimum Gasteiger partial charge on any atom is -0.490 e. The number of halogens is 1. The van der Waals surface area contributed by atoms with Crippen molar-refractivity contribution in [3.8, 4) is 11.5 Å². The minimum atomic E-state index is -0.403. The average molecular weight is 446 g/mol. The molecule has 30 heavy (non-hydrogen) atoms. The Kier molecular flexibility index (Phi) is 7.02. The second-order valence-electron chi connectivity index (χ2n) is 6.33. The van der Waals surface area contributed by atoms with Crippen molar-refractivity contribution in [1.82, 2.24) is 0 Å². The Hall–Kier alpha value is -2.97. The van der Waals surface area contributed by atoms with Gasteiger partial charge in [-0.3, -0.25) is 9.59 Å². The van der Waals surface area contributed by atoms with Crippen LogP contribution in [-0.2, 0) is 9.59 Å². The highest BCUT2D eigenvalue weighted by Crippen LogP contribution is 2.38. The van der Waals surface area contributed by atoms with Crippen molar-refractivity contribution in [2.45, 2.75) is 13.8 Å². The second-order valence-corrected chi connectivity index (χ2v) is 7.80. The molecule has 0 fully saturated rings. The molecular weight excluding hydrogens is 426 g/mol. The number of carbonyl (C=O) groups excluding carboxylic acids is 2. The molecule has 0 spiro atoms. The van der Waals surface area contributed by atoms with E-state index in [1.54, 1.807) is 18.2 Å². The van der Waals surface area contributed by atoms with Gasteiger partial charge in [0.25, 0.3) is 11.8 Å². The fraction of sp³-hybridized carbons (Fsp3) is 0.190. The van der Waals surface area contributed by atoms with Crippen molar-refractivity contribution in [2.75, 3.05) is 18.5 Å². The number of benzene rings is 2. The summed E-state index contributed by atoms with van der Waals surface area (Å²) in [6.45, 7) is 3.91. The molecule has 0 saturated carbocycles. The molecule has 3 N–H and O–H groups in total. The number of carbonyl (C=O) groups is 2. The lowest BCUT2D eigenvalue weighted by molar-refractivity contribution is -0.118. The van der Waals surface area contributed by atoms with Crippen molar-refractivity contribution in [2.24, 2.45) is 10.7 Å². The number of amidine groups is 1. The number of thioether (sulfide) groups is 1. The monoisotopic (exact) mass is 445 g/mol. The molecule has 7 nitrogen and oxygen atoms in total. The topological polar surface area (TPSA) is 103 Å². The van der Waals surface area contributed by atoms with Gasteiger partial charge in [-0.15, -0.1) is 0 Å². The van der Waals surface area contributed by atoms with E-state index in [9.17, 15) is 9.59 Å². The summed E-state index contributed by atoms with van der Waals surface area (Å²) in [6, 6.07) is 10.7. The normalized spacial score (nSPS) is 14.6. The van der Waals surface area contributed by atoms with Gasteiger partial charge in [-0.1, -0.05) is 29.3 Å². The molecule has 156 valence electrons. The molecule has 0 aliphatic carbocycles. The Labute approximate surface area is 183 Å². The summed E-state index contributed by atoms with van der Waals surface area (Å²) >= 11 is 7.46. The molecule has 0 aromatic heterocycles. The molecule has 0 bridgehead atoms. The first-order chi connectivity index (χ1) is 14.4. The quantitative estimate of drug-likeness (QED) is 0.624. The largest absolute Gasteiger partial charge is 0.490 e. The van der Waals surface area contributed by atoms with Crippen molar-refractivity contribution in [1.29, 1.82) is 0 Å². The van der Waals surface area contributed by atoms with Crippen molar-refractivity contribution >= 4 is 52.1 Å². The van der Waals surface area contributed by atoms with E-state index >= 15 is 0 Å². The number of aliphatic imine (C=N–C) groups is 1. The third kappa shape index (κ3) is 5.55. The first-order valence-corrected chi connectivity index (χ1v) is 10.3. The van der Waals surface area contributed by atoms with Gasteiger partial charge in [0.2, 0.25) is 0 Å². The number of hydrogen-bond acceptors (Lipinski definition) is 6. The van der Waals surface area contributed by atoms with Gasteiger partial charge in [-0.05, 0) is 61.5 Å². The summed E-state index contributed by atoms with van der Waals surface area (Å²) in [5, 5.41) is 3.20. The van der Waals surface area contributed by atoms with E-state index in [0.29, 0.717) is 28.5 Å². The lowest BCUT2D eigenvalue weighted by Crippen LogP contribution is -2.20. The van der Waals surface area contributed by atoms with Crippen LogP contribution < -0.4 is 20.5 Å². The Morgan fingerprint density at radius 2 is 2.00 bits per heavy atom. The molecule has 0 atom stereocenters. The standard InChI is InChI=1S/C21H20ClN3O4S/c1-3-28-16-9-13(10-17-20(27)25-21(23)30-17)8-15(22)19(16)29-11-18(26)24-14-6-4-12(2)5-7-14/h4-10H,3,11H2,1-2H3,(H,24,26)(H2,23,25,27).